The van der Waals surface area contributed by atoms with Gasteiger partial charge >= 0.3 is 0 Å². The molecular formula is C10H19NO. The van der Waals surface area contributed by atoms with Crippen LogP contribution in [0.15, 0.2) is 0 Å². The van der Waals surface area contributed by atoms with Gasteiger partial charge in [-0.3, -0.25) is 4.79 Å². The van der Waals surface area contributed by atoms with Gasteiger partial charge in [-0.05, 0) is 31.1 Å². The van der Waals surface area contributed by atoms with E-state index in [0.717, 1.165) is 11.8 Å². The van der Waals surface area contributed by atoms with E-state index in [-0.39, 0.29) is 5.91 Å². The van der Waals surface area contributed by atoms with Gasteiger partial charge < -0.3 is 5.32 Å². The summed E-state index contributed by atoms with van der Waals surface area (Å²) in [5, 5.41) is 2.94. The highest BCUT2D eigenvalue weighted by Crippen LogP contribution is 2.32. The molecule has 0 aromatic rings. The molecule has 1 amide bonds. The van der Waals surface area contributed by atoms with Crippen molar-refractivity contribution in [1.29, 1.82) is 0 Å². The average molecular weight is 169 g/mol. The molecule has 0 aliphatic heterocycles. The minimum Gasteiger partial charge on any atom is -0.354 e. The first-order valence-corrected chi connectivity index (χ1v) is 4.85. The first-order chi connectivity index (χ1) is 5.58. The van der Waals surface area contributed by atoms with Crippen LogP contribution in [0.1, 0.15) is 40.0 Å². The molecule has 0 aromatic carbocycles. The Balaban J connectivity index is 2.08. The van der Waals surface area contributed by atoms with E-state index in [1.807, 2.05) is 0 Å². The van der Waals surface area contributed by atoms with Crippen LogP contribution in [-0.4, -0.2) is 11.9 Å². The Labute approximate surface area is 74.7 Å². The summed E-state index contributed by atoms with van der Waals surface area (Å²) in [4.78, 5) is 10.7. The van der Waals surface area contributed by atoms with Crippen LogP contribution in [0.25, 0.3) is 0 Å². The Morgan fingerprint density at radius 3 is 2.50 bits per heavy atom. The second-order valence-electron chi connectivity index (χ2n) is 4.36. The first kappa shape index (κ1) is 9.56. The molecule has 1 aliphatic carbocycles. The van der Waals surface area contributed by atoms with Crippen molar-refractivity contribution in [2.75, 3.05) is 0 Å². The molecule has 1 N–H and O–H groups in total. The third kappa shape index (κ3) is 2.84. The van der Waals surface area contributed by atoms with E-state index < -0.39 is 0 Å². The Morgan fingerprint density at radius 1 is 1.50 bits per heavy atom. The van der Waals surface area contributed by atoms with Crippen molar-refractivity contribution in [3.8, 4) is 0 Å². The zero-order valence-corrected chi connectivity index (χ0v) is 8.26. The number of carbonyl (C=O) groups is 1. The van der Waals surface area contributed by atoms with Crippen molar-refractivity contribution < 1.29 is 4.79 Å². The molecule has 2 nitrogen and oxygen atoms in total. The van der Waals surface area contributed by atoms with Crippen LogP contribution >= 0.6 is 0 Å². The summed E-state index contributed by atoms with van der Waals surface area (Å²) in [6.45, 7) is 6.10. The minimum absolute atomic E-state index is 0.114. The van der Waals surface area contributed by atoms with E-state index in [2.05, 4.69) is 19.2 Å². The van der Waals surface area contributed by atoms with Gasteiger partial charge in [0.2, 0.25) is 5.91 Å². The lowest BCUT2D eigenvalue weighted by molar-refractivity contribution is -0.120. The lowest BCUT2D eigenvalue weighted by Gasteiger charge is -2.36. The van der Waals surface area contributed by atoms with Gasteiger partial charge in [0.15, 0.2) is 0 Å². The van der Waals surface area contributed by atoms with Gasteiger partial charge in [0.1, 0.15) is 0 Å². The predicted octanol–water partition coefficient (Wildman–Crippen LogP) is 1.95. The number of amides is 1. The summed E-state index contributed by atoms with van der Waals surface area (Å²) in [6, 6.07) is 0.478. The average Bonchev–Trinajstić information content (AvgIpc) is 1.80. The van der Waals surface area contributed by atoms with Crippen molar-refractivity contribution in [2.45, 2.75) is 46.1 Å². The summed E-state index contributed by atoms with van der Waals surface area (Å²) in [5.41, 5.74) is 0. The van der Waals surface area contributed by atoms with Gasteiger partial charge in [0, 0.05) is 13.0 Å². The molecule has 0 atom stereocenters. The standard InChI is InChI=1S/C10H19NO/c1-7(2)4-9-5-10(6-9)11-8(3)12/h7,9-10H,4-6H2,1-3H3,(H,11,12)/t9-,10+. The number of rotatable bonds is 3. The van der Waals surface area contributed by atoms with Crippen LogP contribution in [0.5, 0.6) is 0 Å². The van der Waals surface area contributed by atoms with Crippen molar-refractivity contribution in [1.82, 2.24) is 5.32 Å². The molecule has 0 saturated heterocycles. The van der Waals surface area contributed by atoms with Crippen LogP contribution in [-0.2, 0) is 4.79 Å². The Bertz CT molecular complexity index is 159. The molecule has 1 fully saturated rings. The van der Waals surface area contributed by atoms with E-state index in [4.69, 9.17) is 0 Å². The Hall–Kier alpha value is -0.530. The molecule has 1 rings (SSSR count). The minimum atomic E-state index is 0.114. The molecule has 0 radical (unpaired) electrons. The van der Waals surface area contributed by atoms with E-state index in [0.29, 0.717) is 6.04 Å². The van der Waals surface area contributed by atoms with E-state index in [1.165, 1.54) is 19.3 Å². The summed E-state index contributed by atoms with van der Waals surface area (Å²) in [6.07, 6.45) is 3.70. The molecule has 70 valence electrons. The molecule has 0 aromatic heterocycles. The summed E-state index contributed by atoms with van der Waals surface area (Å²) < 4.78 is 0. The summed E-state index contributed by atoms with van der Waals surface area (Å²) >= 11 is 0. The summed E-state index contributed by atoms with van der Waals surface area (Å²) in [5.74, 6) is 1.78. The fraction of sp³-hybridized carbons (Fsp3) is 0.900. The second kappa shape index (κ2) is 3.92. The molecule has 2 heteroatoms. The van der Waals surface area contributed by atoms with E-state index >= 15 is 0 Å². The largest absolute Gasteiger partial charge is 0.354 e. The third-order valence-electron chi connectivity index (χ3n) is 2.45. The Kier molecular flexibility index (Phi) is 3.12. The zero-order valence-electron chi connectivity index (χ0n) is 8.26. The number of carbonyl (C=O) groups excluding carboxylic acids is 1. The highest BCUT2D eigenvalue weighted by atomic mass is 16.1. The van der Waals surface area contributed by atoms with Crippen molar-refractivity contribution >= 4 is 5.91 Å². The highest BCUT2D eigenvalue weighted by Gasteiger charge is 2.29. The number of hydrogen-bond acceptors (Lipinski definition) is 1. The zero-order chi connectivity index (χ0) is 9.14. The normalized spacial score (nSPS) is 28.3. The maximum absolute atomic E-state index is 10.7. The Morgan fingerprint density at radius 2 is 2.08 bits per heavy atom. The molecule has 0 unspecified atom stereocenters. The molecule has 12 heavy (non-hydrogen) atoms. The number of nitrogens with one attached hydrogen (secondary N) is 1. The van der Waals surface area contributed by atoms with E-state index in [9.17, 15) is 4.79 Å². The van der Waals surface area contributed by atoms with Crippen molar-refractivity contribution in [2.24, 2.45) is 11.8 Å². The van der Waals surface area contributed by atoms with Gasteiger partial charge in [-0.2, -0.15) is 0 Å². The SMILES string of the molecule is CC(=O)N[C@H]1C[C@@H](CC(C)C)C1. The lowest BCUT2D eigenvalue weighted by atomic mass is 9.76. The fourth-order valence-electron chi connectivity index (χ4n) is 2.00. The predicted molar refractivity (Wildman–Crippen MR) is 49.8 cm³/mol. The molecule has 0 spiro atoms. The van der Waals surface area contributed by atoms with Gasteiger partial charge in [-0.1, -0.05) is 13.8 Å². The van der Waals surface area contributed by atoms with Crippen LogP contribution in [0.4, 0.5) is 0 Å². The van der Waals surface area contributed by atoms with E-state index in [1.54, 1.807) is 6.92 Å². The van der Waals surface area contributed by atoms with Gasteiger partial charge in [-0.25, -0.2) is 0 Å². The maximum atomic E-state index is 10.7. The highest BCUT2D eigenvalue weighted by molar-refractivity contribution is 5.73. The molecule has 1 saturated carbocycles. The smallest absolute Gasteiger partial charge is 0.217 e. The quantitative estimate of drug-likeness (QED) is 0.687. The van der Waals surface area contributed by atoms with Gasteiger partial charge in [0.25, 0.3) is 0 Å². The first-order valence-electron chi connectivity index (χ1n) is 4.85. The van der Waals surface area contributed by atoms with Crippen molar-refractivity contribution in [3.05, 3.63) is 0 Å². The van der Waals surface area contributed by atoms with Crippen LogP contribution in [0.2, 0.25) is 0 Å². The molecule has 0 heterocycles. The molecule has 1 aliphatic rings. The number of hydrogen-bond donors (Lipinski definition) is 1. The third-order valence-corrected chi connectivity index (χ3v) is 2.45. The van der Waals surface area contributed by atoms with Crippen LogP contribution in [0, 0.1) is 11.8 Å². The van der Waals surface area contributed by atoms with Crippen molar-refractivity contribution in [3.63, 3.8) is 0 Å². The maximum Gasteiger partial charge on any atom is 0.217 e. The second-order valence-corrected chi connectivity index (χ2v) is 4.36. The molecular weight excluding hydrogens is 150 g/mol. The van der Waals surface area contributed by atoms with Gasteiger partial charge in [0.05, 0.1) is 0 Å². The fourth-order valence-corrected chi connectivity index (χ4v) is 2.00. The summed E-state index contributed by atoms with van der Waals surface area (Å²) in [7, 11) is 0. The topological polar surface area (TPSA) is 29.1 Å². The monoisotopic (exact) mass is 169 g/mol. The lowest BCUT2D eigenvalue weighted by Crippen LogP contribution is -2.43. The van der Waals surface area contributed by atoms with Crippen LogP contribution in [0.3, 0.4) is 0 Å². The van der Waals surface area contributed by atoms with Crippen LogP contribution < -0.4 is 5.32 Å². The van der Waals surface area contributed by atoms with Gasteiger partial charge in [-0.15, -0.1) is 0 Å². The molecule has 0 bridgehead atoms.